The lowest BCUT2D eigenvalue weighted by Gasteiger charge is -2.04. The molecule has 1 unspecified atom stereocenters. The Morgan fingerprint density at radius 2 is 2.33 bits per heavy atom. The third kappa shape index (κ3) is 1.73. The zero-order chi connectivity index (χ0) is 10.8. The van der Waals surface area contributed by atoms with Crippen molar-refractivity contribution in [2.24, 2.45) is 0 Å². The summed E-state index contributed by atoms with van der Waals surface area (Å²) in [6.07, 6.45) is 9.12. The first kappa shape index (κ1) is 10.1. The Morgan fingerprint density at radius 3 is 3.07 bits per heavy atom. The lowest BCUT2D eigenvalue weighted by molar-refractivity contribution is 0.538. The summed E-state index contributed by atoms with van der Waals surface area (Å²) in [5.41, 5.74) is 1.07. The fourth-order valence-electron chi connectivity index (χ4n) is 1.70. The van der Waals surface area contributed by atoms with Gasteiger partial charge in [-0.3, -0.25) is 0 Å². The van der Waals surface area contributed by atoms with E-state index in [1.54, 1.807) is 12.2 Å². The van der Waals surface area contributed by atoms with Crippen LogP contribution in [0.4, 0.5) is 0 Å². The molecule has 76 valence electrons. The number of hydrogen-bond acceptors (Lipinski definition) is 2. The molecular formula is C12H12O2P+. The average Bonchev–Trinajstić information content (AvgIpc) is 2.24. The predicted molar refractivity (Wildman–Crippen MR) is 63.1 cm³/mol. The standard InChI is InChI=1S/C12H12O2P/c1-3-6-12-9(2)10-7-4-5-8-11(10)14-15(12)13/h3,5-6,8H,1-2,4,7H2/q+1/b12-6+. The second kappa shape index (κ2) is 4.00. The molecule has 1 aromatic heterocycles. The molecule has 2 rings (SSSR count). The number of allylic oxidation sites excluding steroid dienone is 2. The highest BCUT2D eigenvalue weighted by atomic mass is 31.1. The summed E-state index contributed by atoms with van der Waals surface area (Å²) in [4.78, 5) is 0.661. The van der Waals surface area contributed by atoms with Gasteiger partial charge in [-0.05, 0) is 29.6 Å². The normalized spacial score (nSPS) is 16.3. The van der Waals surface area contributed by atoms with Crippen molar-refractivity contribution >= 4 is 26.4 Å². The highest BCUT2D eigenvalue weighted by Gasteiger charge is 2.17. The van der Waals surface area contributed by atoms with Gasteiger partial charge in [0.1, 0.15) is 0 Å². The van der Waals surface area contributed by atoms with Gasteiger partial charge in [-0.2, -0.15) is 0 Å². The van der Waals surface area contributed by atoms with Crippen LogP contribution in [0.5, 0.6) is 0 Å². The van der Waals surface area contributed by atoms with E-state index >= 15 is 0 Å². The van der Waals surface area contributed by atoms with Gasteiger partial charge in [-0.15, -0.1) is 0 Å². The first-order valence-corrected chi connectivity index (χ1v) is 5.99. The van der Waals surface area contributed by atoms with Crippen molar-refractivity contribution in [3.8, 4) is 0 Å². The van der Waals surface area contributed by atoms with Gasteiger partial charge in [0, 0.05) is 10.8 Å². The van der Waals surface area contributed by atoms with Gasteiger partial charge < -0.3 is 0 Å². The second-order valence-electron chi connectivity index (χ2n) is 3.40. The van der Waals surface area contributed by atoms with Crippen LogP contribution in [0, 0.1) is 0 Å². The van der Waals surface area contributed by atoms with Crippen LogP contribution in [0.15, 0.2) is 22.9 Å². The summed E-state index contributed by atoms with van der Waals surface area (Å²) < 4.78 is 17.1. The van der Waals surface area contributed by atoms with Crippen LogP contribution < -0.4 is 10.2 Å². The van der Waals surface area contributed by atoms with Crippen molar-refractivity contribution in [2.45, 2.75) is 12.8 Å². The maximum absolute atomic E-state index is 11.7. The number of fused-ring (bicyclic) bond motifs is 1. The molecule has 0 N–H and O–H groups in total. The van der Waals surface area contributed by atoms with Crippen molar-refractivity contribution in [3.63, 3.8) is 0 Å². The SMILES string of the molecule is C=C/C=c1\c(=C)c2c(o[p+]1=O)C=CCC2. The molecule has 2 nitrogen and oxygen atoms in total. The van der Waals surface area contributed by atoms with Crippen molar-refractivity contribution in [2.75, 3.05) is 0 Å². The smallest absolute Gasteiger partial charge is 0.250 e. The minimum Gasteiger partial charge on any atom is -0.250 e. The van der Waals surface area contributed by atoms with Gasteiger partial charge in [0.05, 0.1) is 0 Å². The van der Waals surface area contributed by atoms with E-state index in [9.17, 15) is 4.57 Å². The number of hydrogen-bond donors (Lipinski definition) is 0. The third-order valence-electron chi connectivity index (χ3n) is 2.45. The lowest BCUT2D eigenvalue weighted by Crippen LogP contribution is -2.26. The summed E-state index contributed by atoms with van der Waals surface area (Å²) in [5, 5.41) is 0.835. The molecule has 0 saturated heterocycles. The van der Waals surface area contributed by atoms with Gasteiger partial charge in [-0.1, -0.05) is 25.3 Å². The Kier molecular flexibility index (Phi) is 2.70. The first-order chi connectivity index (χ1) is 7.24. The Hall–Kier alpha value is -1.40. The molecular weight excluding hydrogens is 207 g/mol. The van der Waals surface area contributed by atoms with Crippen LogP contribution in [-0.2, 0) is 11.0 Å². The van der Waals surface area contributed by atoms with Crippen molar-refractivity contribution < 1.29 is 8.76 Å². The van der Waals surface area contributed by atoms with Gasteiger partial charge in [0.2, 0.25) is 4.95 Å². The quantitative estimate of drug-likeness (QED) is 0.725. The second-order valence-corrected chi connectivity index (χ2v) is 4.58. The van der Waals surface area contributed by atoms with E-state index in [0.29, 0.717) is 10.7 Å². The minimum atomic E-state index is -1.81. The predicted octanol–water partition coefficient (Wildman–Crippen LogP) is 2.36. The van der Waals surface area contributed by atoms with Gasteiger partial charge in [0.15, 0.2) is 5.76 Å². The van der Waals surface area contributed by atoms with Crippen molar-refractivity contribution in [3.05, 3.63) is 40.2 Å². The molecule has 1 aromatic rings. The van der Waals surface area contributed by atoms with Crippen LogP contribution in [0.3, 0.4) is 0 Å². The largest absolute Gasteiger partial charge is 0.597 e. The van der Waals surface area contributed by atoms with Gasteiger partial charge >= 0.3 is 7.65 Å². The van der Waals surface area contributed by atoms with E-state index in [0.717, 1.165) is 23.6 Å². The topological polar surface area (TPSA) is 30.2 Å². The molecule has 1 aliphatic carbocycles. The molecule has 1 atom stereocenters. The molecule has 0 fully saturated rings. The fourth-order valence-corrected chi connectivity index (χ4v) is 2.73. The van der Waals surface area contributed by atoms with E-state index in [4.69, 9.17) is 4.20 Å². The van der Waals surface area contributed by atoms with E-state index in [1.807, 2.05) is 12.2 Å². The maximum Gasteiger partial charge on any atom is 0.597 e. The summed E-state index contributed by atoms with van der Waals surface area (Å²) in [5.74, 6) is 0.716. The molecule has 0 radical (unpaired) electrons. The summed E-state index contributed by atoms with van der Waals surface area (Å²) in [7, 11) is -1.81. The van der Waals surface area contributed by atoms with Gasteiger partial charge in [0.25, 0.3) is 0 Å². The fraction of sp³-hybridized carbons (Fsp3) is 0.167. The van der Waals surface area contributed by atoms with Crippen LogP contribution >= 0.6 is 7.65 Å². The van der Waals surface area contributed by atoms with E-state index in [-0.39, 0.29) is 0 Å². The zero-order valence-corrected chi connectivity index (χ0v) is 9.30. The highest BCUT2D eigenvalue weighted by Crippen LogP contribution is 2.18. The van der Waals surface area contributed by atoms with E-state index < -0.39 is 7.65 Å². The van der Waals surface area contributed by atoms with Crippen LogP contribution in [0.1, 0.15) is 17.7 Å². The molecule has 1 aliphatic rings. The monoisotopic (exact) mass is 219 g/mol. The Morgan fingerprint density at radius 1 is 1.53 bits per heavy atom. The molecule has 0 spiro atoms. The average molecular weight is 219 g/mol. The molecule has 0 aliphatic heterocycles. The molecule has 3 heteroatoms. The Balaban J connectivity index is 2.89. The van der Waals surface area contributed by atoms with E-state index in [2.05, 4.69) is 13.2 Å². The van der Waals surface area contributed by atoms with E-state index in [1.165, 1.54) is 0 Å². The van der Waals surface area contributed by atoms with Crippen LogP contribution in [0.25, 0.3) is 18.7 Å². The highest BCUT2D eigenvalue weighted by molar-refractivity contribution is 7.28. The van der Waals surface area contributed by atoms with Crippen molar-refractivity contribution in [1.29, 1.82) is 0 Å². The summed E-state index contributed by atoms with van der Waals surface area (Å²) in [6, 6.07) is 0. The molecule has 0 saturated carbocycles. The Labute approximate surface area is 88.8 Å². The maximum atomic E-state index is 11.7. The third-order valence-corrected chi connectivity index (χ3v) is 3.63. The molecule has 0 bridgehead atoms. The van der Waals surface area contributed by atoms with Gasteiger partial charge in [-0.25, -0.2) is 4.20 Å². The lowest BCUT2D eigenvalue weighted by atomic mass is 10.0. The molecule has 0 aromatic carbocycles. The minimum absolute atomic E-state index is 0.661. The van der Waals surface area contributed by atoms with Crippen molar-refractivity contribution in [1.82, 2.24) is 0 Å². The molecule has 1 heterocycles. The summed E-state index contributed by atoms with van der Waals surface area (Å²) in [6.45, 7) is 7.57. The summed E-state index contributed by atoms with van der Waals surface area (Å²) >= 11 is 0. The first-order valence-electron chi connectivity index (χ1n) is 4.81. The van der Waals surface area contributed by atoms with Crippen LogP contribution in [0.2, 0.25) is 0 Å². The molecule has 15 heavy (non-hydrogen) atoms. The van der Waals surface area contributed by atoms with Crippen LogP contribution in [-0.4, -0.2) is 0 Å². The molecule has 0 amide bonds. The number of rotatable bonds is 1. The Bertz CT molecular complexity index is 593. The zero-order valence-electron chi connectivity index (χ0n) is 8.40.